The Morgan fingerprint density at radius 2 is 1.82 bits per heavy atom. The van der Waals surface area contributed by atoms with E-state index in [0.29, 0.717) is 0 Å². The Bertz CT molecular complexity index is 1030. The maximum atomic E-state index is 12.4. The summed E-state index contributed by atoms with van der Waals surface area (Å²) in [4.78, 5) is 36.4. The number of hydrogen-bond acceptors (Lipinski definition) is 12. The van der Waals surface area contributed by atoms with Gasteiger partial charge in [-0.15, -0.1) is 6.42 Å². The third-order valence-corrected chi connectivity index (χ3v) is 5.84. The zero-order valence-corrected chi connectivity index (χ0v) is 21.5. The molecule has 0 radical (unpaired) electrons. The summed E-state index contributed by atoms with van der Waals surface area (Å²) in [6.07, 6.45) is -2.91. The summed E-state index contributed by atoms with van der Waals surface area (Å²) in [7, 11) is 0. The van der Waals surface area contributed by atoms with E-state index < -0.39 is 73.6 Å². The van der Waals surface area contributed by atoms with Crippen molar-refractivity contribution < 1.29 is 64.0 Å². The average Bonchev–Trinajstić information content (AvgIpc) is 2.93. The van der Waals surface area contributed by atoms with E-state index >= 15 is 0 Å². The van der Waals surface area contributed by atoms with Gasteiger partial charge in [-0.25, -0.2) is 4.79 Å². The second kappa shape index (κ2) is 16.1. The number of nitrogens with one attached hydrogen (secondary N) is 2. The molecule has 0 saturated carbocycles. The lowest BCUT2D eigenvalue weighted by Crippen LogP contribution is -2.68. The van der Waals surface area contributed by atoms with Crippen molar-refractivity contribution >= 4 is 17.8 Å². The van der Waals surface area contributed by atoms with Gasteiger partial charge in [0.05, 0.1) is 50.2 Å². The molecule has 1 aromatic carbocycles. The first-order valence-electron chi connectivity index (χ1n) is 12.2. The van der Waals surface area contributed by atoms with Gasteiger partial charge in [-0.1, -0.05) is 18.1 Å². The summed E-state index contributed by atoms with van der Waals surface area (Å²) in [5, 5.41) is 65.6. The van der Waals surface area contributed by atoms with Crippen LogP contribution in [0.2, 0.25) is 0 Å². The van der Waals surface area contributed by atoms with Crippen LogP contribution in [0.1, 0.15) is 16.8 Å². The minimum Gasteiger partial charge on any atom is -0.507 e. The molecule has 40 heavy (non-hydrogen) atoms. The zero-order chi connectivity index (χ0) is 29.7. The molecule has 2 amide bonds. The highest BCUT2D eigenvalue weighted by Gasteiger charge is 2.55. The van der Waals surface area contributed by atoms with E-state index in [1.165, 1.54) is 24.3 Å². The average molecular weight is 571 g/mol. The molecular formula is C25H34N2O13. The van der Waals surface area contributed by atoms with Crippen LogP contribution in [0.3, 0.4) is 0 Å². The molecule has 222 valence electrons. The number of para-hydroxylation sites is 1. The molecule has 0 unspecified atom stereocenters. The topological polar surface area (TPSA) is 234 Å². The standard InChI is InChI=1S/C25H34N2O13/c1-2-7-37-8-9-38-10-11-39-25(24(35)36)12-17(30)20(27-19(32)14-28)22(40-25)21(33)18(31)13-26-23(34)15-5-3-4-6-16(15)29/h1,3-6,17-18,20-22,28-31,33H,7-14H2,(H,26,34)(H,27,32)(H,35,36)/t17-,18+,20+,21+,22+,25+/m0/s1. The van der Waals surface area contributed by atoms with Gasteiger partial charge < -0.3 is 60.2 Å². The first-order chi connectivity index (χ1) is 19.1. The SMILES string of the molecule is C#CCOCCOCCO[C@]1(C(=O)O)C[C@H](O)[C@@H](NC(=O)CO)[C@H]([C@H](O)[C@H](O)CNC(=O)c2ccccc2O)O1. The quantitative estimate of drug-likeness (QED) is 0.0729. The fourth-order valence-electron chi connectivity index (χ4n) is 3.86. The normalized spacial score (nSPS) is 23.9. The predicted octanol–water partition coefficient (Wildman–Crippen LogP) is -3.07. The van der Waals surface area contributed by atoms with Gasteiger partial charge in [0.15, 0.2) is 0 Å². The van der Waals surface area contributed by atoms with Crippen molar-refractivity contribution in [2.24, 2.45) is 0 Å². The monoisotopic (exact) mass is 570 g/mol. The molecule has 15 nitrogen and oxygen atoms in total. The molecule has 1 saturated heterocycles. The van der Waals surface area contributed by atoms with Gasteiger partial charge in [0, 0.05) is 13.0 Å². The maximum Gasteiger partial charge on any atom is 0.364 e. The molecule has 1 aliphatic rings. The Balaban J connectivity index is 2.13. The summed E-state index contributed by atoms with van der Waals surface area (Å²) in [6.45, 7) is -1.62. The van der Waals surface area contributed by atoms with Crippen LogP contribution in [-0.2, 0) is 28.5 Å². The molecule has 15 heteroatoms. The summed E-state index contributed by atoms with van der Waals surface area (Å²) < 4.78 is 21.3. The van der Waals surface area contributed by atoms with Crippen LogP contribution in [0.4, 0.5) is 0 Å². The van der Waals surface area contributed by atoms with Gasteiger partial charge >= 0.3 is 5.97 Å². The second-order valence-corrected chi connectivity index (χ2v) is 8.67. The maximum absolute atomic E-state index is 12.4. The van der Waals surface area contributed by atoms with Gasteiger partial charge in [-0.3, -0.25) is 9.59 Å². The van der Waals surface area contributed by atoms with Gasteiger partial charge in [0.1, 0.15) is 31.2 Å². The number of ether oxygens (including phenoxy) is 4. The molecule has 0 aliphatic carbocycles. The van der Waals surface area contributed by atoms with E-state index in [1.54, 1.807) is 0 Å². The molecule has 0 bridgehead atoms. The number of carboxylic acid groups (broad SMARTS) is 1. The Kier molecular flexibility index (Phi) is 13.2. The molecule has 2 rings (SSSR count). The second-order valence-electron chi connectivity index (χ2n) is 8.67. The van der Waals surface area contributed by atoms with Gasteiger partial charge in [-0.05, 0) is 12.1 Å². The number of hydrogen-bond donors (Lipinski definition) is 8. The third-order valence-electron chi connectivity index (χ3n) is 5.84. The smallest absolute Gasteiger partial charge is 0.364 e. The number of benzene rings is 1. The molecule has 8 N–H and O–H groups in total. The summed E-state index contributed by atoms with van der Waals surface area (Å²) in [6, 6.07) is 4.10. The molecule has 0 aromatic heterocycles. The van der Waals surface area contributed by atoms with E-state index in [0.717, 1.165) is 0 Å². The molecule has 1 fully saturated rings. The number of aromatic hydroxyl groups is 1. The van der Waals surface area contributed by atoms with Crippen LogP contribution < -0.4 is 10.6 Å². The Morgan fingerprint density at radius 1 is 1.15 bits per heavy atom. The van der Waals surface area contributed by atoms with Gasteiger partial charge in [0.25, 0.3) is 11.7 Å². The number of phenolic OH excluding ortho intramolecular Hbond substituents is 1. The number of phenols is 1. The number of amides is 2. The van der Waals surface area contributed by atoms with Crippen molar-refractivity contribution in [3.63, 3.8) is 0 Å². The minimum absolute atomic E-state index is 0.0929. The van der Waals surface area contributed by atoms with E-state index in [-0.39, 0.29) is 44.3 Å². The highest BCUT2D eigenvalue weighted by molar-refractivity contribution is 5.96. The number of carbonyl (C=O) groups is 3. The molecule has 6 atom stereocenters. The third kappa shape index (κ3) is 9.11. The first-order valence-corrected chi connectivity index (χ1v) is 12.2. The van der Waals surface area contributed by atoms with Crippen molar-refractivity contribution in [3.05, 3.63) is 29.8 Å². The fraction of sp³-hybridized carbons (Fsp3) is 0.560. The van der Waals surface area contributed by atoms with Crippen LogP contribution in [0, 0.1) is 12.3 Å². The van der Waals surface area contributed by atoms with E-state index in [2.05, 4.69) is 16.6 Å². The Hall–Kier alpha value is -3.33. The summed E-state index contributed by atoms with van der Waals surface area (Å²) in [5.41, 5.74) is -0.107. The minimum atomic E-state index is -2.52. The van der Waals surface area contributed by atoms with Crippen molar-refractivity contribution in [1.82, 2.24) is 10.6 Å². The van der Waals surface area contributed by atoms with Gasteiger partial charge in [-0.2, -0.15) is 0 Å². The fourth-order valence-corrected chi connectivity index (χ4v) is 3.86. The number of aliphatic hydroxyl groups is 4. The number of terminal acetylenes is 1. The summed E-state index contributed by atoms with van der Waals surface area (Å²) >= 11 is 0. The van der Waals surface area contributed by atoms with E-state index in [9.17, 15) is 39.9 Å². The highest BCUT2D eigenvalue weighted by atomic mass is 16.7. The first kappa shape index (κ1) is 32.9. The number of rotatable bonds is 16. The van der Waals surface area contributed by atoms with E-state index in [4.69, 9.17) is 30.5 Å². The highest BCUT2D eigenvalue weighted by Crippen LogP contribution is 2.33. The number of aliphatic hydroxyl groups excluding tert-OH is 4. The van der Waals surface area contributed by atoms with Crippen LogP contribution in [0.5, 0.6) is 5.75 Å². The lowest BCUT2D eigenvalue weighted by molar-refractivity contribution is -0.312. The number of carboxylic acids is 1. The molecule has 1 aromatic rings. The lowest BCUT2D eigenvalue weighted by Gasteiger charge is -2.46. The molecule has 1 heterocycles. The summed E-state index contributed by atoms with van der Waals surface area (Å²) in [5.74, 6) is -4.00. The number of aliphatic carboxylic acids is 1. The van der Waals surface area contributed by atoms with Crippen LogP contribution in [0.15, 0.2) is 24.3 Å². The van der Waals surface area contributed by atoms with Crippen LogP contribution in [0.25, 0.3) is 0 Å². The van der Waals surface area contributed by atoms with E-state index in [1.807, 2.05) is 0 Å². The molecule has 1 aliphatic heterocycles. The zero-order valence-electron chi connectivity index (χ0n) is 21.5. The lowest BCUT2D eigenvalue weighted by atomic mass is 9.88. The van der Waals surface area contributed by atoms with Crippen molar-refractivity contribution in [1.29, 1.82) is 0 Å². The van der Waals surface area contributed by atoms with Crippen LogP contribution >= 0.6 is 0 Å². The van der Waals surface area contributed by atoms with Crippen molar-refractivity contribution in [2.75, 3.05) is 46.2 Å². The van der Waals surface area contributed by atoms with Crippen molar-refractivity contribution in [2.45, 2.75) is 42.7 Å². The Morgan fingerprint density at radius 3 is 2.48 bits per heavy atom. The van der Waals surface area contributed by atoms with Crippen LogP contribution in [-0.4, -0.2) is 131 Å². The van der Waals surface area contributed by atoms with Gasteiger partial charge in [0.2, 0.25) is 5.91 Å². The Labute approximate surface area is 229 Å². The molecule has 0 spiro atoms. The largest absolute Gasteiger partial charge is 0.507 e. The predicted molar refractivity (Wildman–Crippen MR) is 134 cm³/mol. The van der Waals surface area contributed by atoms with Crippen molar-refractivity contribution in [3.8, 4) is 18.1 Å². The number of carbonyl (C=O) groups excluding carboxylic acids is 2. The molecular weight excluding hydrogens is 536 g/mol.